The Hall–Kier alpha value is -2.61. The predicted molar refractivity (Wildman–Crippen MR) is 121 cm³/mol. The van der Waals surface area contributed by atoms with Crippen molar-refractivity contribution in [3.63, 3.8) is 0 Å². The second kappa shape index (κ2) is 8.26. The van der Waals surface area contributed by atoms with Gasteiger partial charge in [0.2, 0.25) is 0 Å². The molecule has 0 radical (unpaired) electrons. The van der Waals surface area contributed by atoms with Gasteiger partial charge in [-0.1, -0.05) is 39.7 Å². The summed E-state index contributed by atoms with van der Waals surface area (Å²) in [6, 6.07) is 14.7. The number of rotatable bonds is 4. The highest BCUT2D eigenvalue weighted by molar-refractivity contribution is 9.10. The summed E-state index contributed by atoms with van der Waals surface area (Å²) >= 11 is 11.1. The number of benzene rings is 2. The number of hydrogen-bond donors (Lipinski definition) is 1. The first-order chi connectivity index (χ1) is 14.4. The standard InChI is InChI=1S/C22H15BrClNO4S/c1-29-14-7-8-16(24)15(11-14)20(26)18-19(17-6-3-9-30-17)25(22(28)21(18)27)13-5-2-4-12(23)10-13/h2-11,19,26H,1H3/b20-18-. The van der Waals surface area contributed by atoms with Gasteiger partial charge < -0.3 is 9.84 Å². The van der Waals surface area contributed by atoms with Crippen LogP contribution >= 0.6 is 38.9 Å². The lowest BCUT2D eigenvalue weighted by Gasteiger charge is -2.24. The largest absolute Gasteiger partial charge is 0.507 e. The summed E-state index contributed by atoms with van der Waals surface area (Å²) in [5.74, 6) is -1.36. The Kier molecular flexibility index (Phi) is 5.69. The summed E-state index contributed by atoms with van der Waals surface area (Å²) in [5.41, 5.74) is 0.753. The van der Waals surface area contributed by atoms with E-state index < -0.39 is 17.7 Å². The van der Waals surface area contributed by atoms with Crippen LogP contribution in [0.4, 0.5) is 5.69 Å². The first kappa shape index (κ1) is 20.7. The van der Waals surface area contributed by atoms with Gasteiger partial charge in [-0.25, -0.2) is 0 Å². The van der Waals surface area contributed by atoms with E-state index in [2.05, 4.69) is 15.9 Å². The van der Waals surface area contributed by atoms with Crippen molar-refractivity contribution >= 4 is 62.0 Å². The minimum absolute atomic E-state index is 0.0161. The van der Waals surface area contributed by atoms with Crippen LogP contribution in [-0.4, -0.2) is 23.9 Å². The summed E-state index contributed by atoms with van der Waals surface area (Å²) < 4.78 is 5.98. The number of nitrogens with zero attached hydrogens (tertiary/aromatic N) is 1. The average Bonchev–Trinajstić information content (AvgIpc) is 3.35. The molecule has 1 saturated heterocycles. The van der Waals surface area contributed by atoms with Gasteiger partial charge in [-0.2, -0.15) is 0 Å². The molecule has 2 heterocycles. The number of methoxy groups -OCH3 is 1. The molecule has 4 rings (SSSR count). The minimum Gasteiger partial charge on any atom is -0.507 e. The Balaban J connectivity index is 1.96. The van der Waals surface area contributed by atoms with Gasteiger partial charge in [0, 0.05) is 20.6 Å². The molecule has 1 atom stereocenters. The van der Waals surface area contributed by atoms with Gasteiger partial charge in [0.1, 0.15) is 17.6 Å². The third kappa shape index (κ3) is 3.53. The molecule has 1 aliphatic heterocycles. The minimum atomic E-state index is -0.776. The van der Waals surface area contributed by atoms with Crippen LogP contribution in [-0.2, 0) is 9.59 Å². The Morgan fingerprint density at radius 1 is 1.17 bits per heavy atom. The first-order valence-corrected chi connectivity index (χ1v) is 10.9. The quantitative estimate of drug-likeness (QED) is 0.277. The molecule has 30 heavy (non-hydrogen) atoms. The van der Waals surface area contributed by atoms with Gasteiger partial charge in [0.25, 0.3) is 11.7 Å². The monoisotopic (exact) mass is 503 g/mol. The number of halogens is 2. The molecule has 1 aromatic heterocycles. The van der Waals surface area contributed by atoms with Crippen molar-refractivity contribution in [1.29, 1.82) is 0 Å². The number of anilines is 1. The molecule has 2 aromatic carbocycles. The molecule has 1 aliphatic rings. The van der Waals surface area contributed by atoms with Gasteiger partial charge in [0.05, 0.1) is 17.7 Å². The number of carbonyl (C=O) groups excluding carboxylic acids is 2. The van der Waals surface area contributed by atoms with Crippen molar-refractivity contribution < 1.29 is 19.4 Å². The third-order valence-electron chi connectivity index (χ3n) is 4.77. The van der Waals surface area contributed by atoms with Gasteiger partial charge in [-0.15, -0.1) is 11.3 Å². The summed E-state index contributed by atoms with van der Waals surface area (Å²) in [5, 5.41) is 13.2. The number of ether oxygens (including phenoxy) is 1. The fourth-order valence-corrected chi connectivity index (χ4v) is 4.82. The summed E-state index contributed by atoms with van der Waals surface area (Å²) in [6.45, 7) is 0. The van der Waals surface area contributed by atoms with Crippen LogP contribution in [0.5, 0.6) is 5.75 Å². The van der Waals surface area contributed by atoms with Crippen molar-refractivity contribution in [2.45, 2.75) is 6.04 Å². The molecule has 0 aliphatic carbocycles. The van der Waals surface area contributed by atoms with E-state index in [1.807, 2.05) is 23.6 Å². The number of ketones is 1. The average molecular weight is 505 g/mol. The molecule has 1 amide bonds. The van der Waals surface area contributed by atoms with Crippen molar-refractivity contribution in [1.82, 2.24) is 0 Å². The van der Waals surface area contributed by atoms with E-state index in [1.165, 1.54) is 29.4 Å². The maximum Gasteiger partial charge on any atom is 0.300 e. The normalized spacial score (nSPS) is 18.1. The fraction of sp³-hybridized carbons (Fsp3) is 0.0909. The van der Waals surface area contributed by atoms with Crippen molar-refractivity contribution in [2.75, 3.05) is 12.0 Å². The van der Waals surface area contributed by atoms with Crippen LogP contribution in [0, 0.1) is 0 Å². The van der Waals surface area contributed by atoms with Crippen LogP contribution in [0.15, 0.2) is 70.0 Å². The van der Waals surface area contributed by atoms with E-state index in [9.17, 15) is 14.7 Å². The number of Topliss-reactive ketones (excluding diaryl/α,β-unsaturated/α-hetero) is 1. The predicted octanol–water partition coefficient (Wildman–Crippen LogP) is 5.80. The van der Waals surface area contributed by atoms with E-state index in [0.29, 0.717) is 11.4 Å². The summed E-state index contributed by atoms with van der Waals surface area (Å²) in [6.07, 6.45) is 0. The number of thiophene rings is 1. The SMILES string of the molecule is COc1ccc(Cl)c(/C(O)=C2/C(=O)C(=O)N(c3cccc(Br)c3)C2c2cccs2)c1. The van der Waals surface area contributed by atoms with Crippen molar-refractivity contribution in [3.8, 4) is 5.75 Å². The fourth-order valence-electron chi connectivity index (χ4n) is 3.40. The molecule has 1 N–H and O–H groups in total. The molecule has 1 unspecified atom stereocenters. The van der Waals surface area contributed by atoms with Gasteiger partial charge in [0.15, 0.2) is 0 Å². The lowest BCUT2D eigenvalue weighted by molar-refractivity contribution is -0.132. The summed E-state index contributed by atoms with van der Waals surface area (Å²) in [7, 11) is 1.49. The van der Waals surface area contributed by atoms with E-state index in [4.69, 9.17) is 16.3 Å². The van der Waals surface area contributed by atoms with E-state index >= 15 is 0 Å². The van der Waals surface area contributed by atoms with Gasteiger partial charge >= 0.3 is 0 Å². The highest BCUT2D eigenvalue weighted by Crippen LogP contribution is 2.44. The molecule has 5 nitrogen and oxygen atoms in total. The Bertz CT molecular complexity index is 1180. The number of aliphatic hydroxyl groups is 1. The summed E-state index contributed by atoms with van der Waals surface area (Å²) in [4.78, 5) is 28.3. The zero-order chi connectivity index (χ0) is 21.4. The van der Waals surface area contributed by atoms with Crippen LogP contribution in [0.25, 0.3) is 5.76 Å². The lowest BCUT2D eigenvalue weighted by atomic mass is 9.99. The Morgan fingerprint density at radius 2 is 1.97 bits per heavy atom. The Labute approximate surface area is 190 Å². The molecular formula is C22H15BrClNO4S. The van der Waals surface area contributed by atoms with E-state index in [0.717, 1.165) is 9.35 Å². The van der Waals surface area contributed by atoms with Crippen LogP contribution in [0.1, 0.15) is 16.5 Å². The molecule has 152 valence electrons. The highest BCUT2D eigenvalue weighted by atomic mass is 79.9. The Morgan fingerprint density at radius 3 is 2.63 bits per heavy atom. The number of carbonyl (C=O) groups is 2. The number of hydrogen-bond acceptors (Lipinski definition) is 5. The van der Waals surface area contributed by atoms with E-state index in [1.54, 1.807) is 30.3 Å². The van der Waals surface area contributed by atoms with E-state index in [-0.39, 0.29) is 21.9 Å². The molecule has 0 saturated carbocycles. The maximum absolute atomic E-state index is 13.1. The van der Waals surface area contributed by atoms with Crippen LogP contribution in [0.2, 0.25) is 5.02 Å². The molecule has 8 heteroatoms. The molecular weight excluding hydrogens is 490 g/mol. The van der Waals surface area contributed by atoms with Crippen molar-refractivity contribution in [2.24, 2.45) is 0 Å². The van der Waals surface area contributed by atoms with Crippen molar-refractivity contribution in [3.05, 3.63) is 85.5 Å². The molecule has 0 spiro atoms. The third-order valence-corrected chi connectivity index (χ3v) is 6.52. The van der Waals surface area contributed by atoms with Gasteiger partial charge in [-0.05, 0) is 47.8 Å². The first-order valence-electron chi connectivity index (χ1n) is 8.86. The zero-order valence-corrected chi connectivity index (χ0v) is 18.8. The number of amides is 1. The second-order valence-corrected chi connectivity index (χ2v) is 8.81. The zero-order valence-electron chi connectivity index (χ0n) is 15.6. The topological polar surface area (TPSA) is 66.8 Å². The lowest BCUT2D eigenvalue weighted by Crippen LogP contribution is -2.29. The smallest absolute Gasteiger partial charge is 0.300 e. The highest BCUT2D eigenvalue weighted by Gasteiger charge is 2.47. The number of aliphatic hydroxyl groups excluding tert-OH is 1. The molecule has 1 fully saturated rings. The maximum atomic E-state index is 13.1. The van der Waals surface area contributed by atoms with Gasteiger partial charge in [-0.3, -0.25) is 14.5 Å². The van der Waals surface area contributed by atoms with Crippen LogP contribution in [0.3, 0.4) is 0 Å². The molecule has 3 aromatic rings. The second-order valence-electron chi connectivity index (χ2n) is 6.51. The van der Waals surface area contributed by atoms with Crippen LogP contribution < -0.4 is 9.64 Å². The molecule has 0 bridgehead atoms.